The van der Waals surface area contributed by atoms with Crippen LogP contribution in [0.4, 0.5) is 0 Å². The second-order valence-corrected chi connectivity index (χ2v) is 2.04. The summed E-state index contributed by atoms with van der Waals surface area (Å²) in [6.45, 7) is 1.69. The summed E-state index contributed by atoms with van der Waals surface area (Å²) in [6.07, 6.45) is 3.72. The van der Waals surface area contributed by atoms with Crippen LogP contribution in [-0.2, 0) is 9.59 Å². The number of carbonyl (C=O) groups excluding carboxylic acids is 1. The Morgan fingerprint density at radius 3 is 2.33 bits per heavy atom. The number of aliphatic hydroxyl groups is 1. The number of rotatable bonds is 4. The van der Waals surface area contributed by atoms with Gasteiger partial charge >= 0.3 is 5.97 Å². The van der Waals surface area contributed by atoms with Gasteiger partial charge < -0.3 is 10.2 Å². The summed E-state index contributed by atoms with van der Waals surface area (Å²) in [7, 11) is 0. The van der Waals surface area contributed by atoms with Gasteiger partial charge in [0.05, 0.1) is 0 Å². The molecule has 0 aromatic carbocycles. The summed E-state index contributed by atoms with van der Waals surface area (Å²) >= 11 is 0. The van der Waals surface area contributed by atoms with Gasteiger partial charge in [0.25, 0.3) is 0 Å². The van der Waals surface area contributed by atoms with Crippen LogP contribution in [0.1, 0.15) is 13.3 Å². The number of hydrogen-bond donors (Lipinski definition) is 2. The second kappa shape index (κ2) is 5.12. The first-order valence-electron chi connectivity index (χ1n) is 3.41. The first kappa shape index (κ1) is 10.4. The summed E-state index contributed by atoms with van der Waals surface area (Å²) in [5, 5.41) is 16.8. The van der Waals surface area contributed by atoms with Crippen molar-refractivity contribution in [3.63, 3.8) is 0 Å². The van der Waals surface area contributed by atoms with Crippen molar-refractivity contribution in [2.24, 2.45) is 0 Å². The number of aliphatic carboxylic acids is 1. The normalized spacial score (nSPS) is 11.9. The highest BCUT2D eigenvalue weighted by molar-refractivity contribution is 5.90. The zero-order chi connectivity index (χ0) is 9.56. The molecule has 0 aliphatic carbocycles. The fraction of sp³-hybridized carbons (Fsp3) is 0.250. The molecule has 0 radical (unpaired) electrons. The largest absolute Gasteiger partial charge is 0.502 e. The Labute approximate surface area is 69.8 Å². The predicted octanol–water partition coefficient (Wildman–Crippen LogP) is 1.05. The van der Waals surface area contributed by atoms with Crippen LogP contribution in [0.5, 0.6) is 0 Å². The van der Waals surface area contributed by atoms with Gasteiger partial charge in [0.1, 0.15) is 0 Å². The van der Waals surface area contributed by atoms with Gasteiger partial charge in [-0.05, 0) is 12.2 Å². The molecular weight excluding hydrogens is 160 g/mol. The predicted molar refractivity (Wildman–Crippen MR) is 42.8 cm³/mol. The van der Waals surface area contributed by atoms with E-state index in [4.69, 9.17) is 10.2 Å². The average Bonchev–Trinajstić information content (AvgIpc) is 2.03. The Balaban J connectivity index is 4.12. The highest BCUT2D eigenvalue weighted by Gasteiger charge is 1.99. The molecule has 0 spiro atoms. The minimum absolute atomic E-state index is 0.121. The van der Waals surface area contributed by atoms with Gasteiger partial charge in [-0.15, -0.1) is 0 Å². The highest BCUT2D eigenvalue weighted by Crippen LogP contribution is 1.90. The first-order chi connectivity index (χ1) is 5.57. The average molecular weight is 170 g/mol. The van der Waals surface area contributed by atoms with Crippen LogP contribution < -0.4 is 0 Å². The molecule has 0 amide bonds. The third kappa shape index (κ3) is 4.27. The molecule has 0 bridgehead atoms. The summed E-state index contributed by atoms with van der Waals surface area (Å²) in [5.41, 5.74) is 0. The minimum atomic E-state index is -1.41. The monoisotopic (exact) mass is 170 g/mol. The lowest BCUT2D eigenvalue weighted by atomic mass is 10.3. The van der Waals surface area contributed by atoms with Gasteiger partial charge in [-0.1, -0.05) is 13.0 Å². The van der Waals surface area contributed by atoms with Gasteiger partial charge in [-0.2, -0.15) is 0 Å². The van der Waals surface area contributed by atoms with Crippen molar-refractivity contribution < 1.29 is 19.8 Å². The van der Waals surface area contributed by atoms with Crippen molar-refractivity contribution in [3.05, 3.63) is 24.0 Å². The quantitative estimate of drug-likeness (QED) is 0.375. The van der Waals surface area contributed by atoms with Crippen LogP contribution >= 0.6 is 0 Å². The van der Waals surface area contributed by atoms with Crippen molar-refractivity contribution in [2.45, 2.75) is 13.3 Å². The SMILES string of the molecule is CCC(=O)/C=C\C=C(\O)C(=O)O. The van der Waals surface area contributed by atoms with E-state index < -0.39 is 11.7 Å². The fourth-order valence-corrected chi connectivity index (χ4v) is 0.436. The summed E-state index contributed by atoms with van der Waals surface area (Å²) in [5.74, 6) is -2.32. The van der Waals surface area contributed by atoms with Gasteiger partial charge in [-0.25, -0.2) is 4.79 Å². The van der Waals surface area contributed by atoms with E-state index in [1.807, 2.05) is 0 Å². The summed E-state index contributed by atoms with van der Waals surface area (Å²) in [4.78, 5) is 20.6. The van der Waals surface area contributed by atoms with E-state index in [2.05, 4.69) is 0 Å². The van der Waals surface area contributed by atoms with Crippen LogP contribution in [0.15, 0.2) is 24.0 Å². The molecule has 0 rings (SSSR count). The van der Waals surface area contributed by atoms with Crippen LogP contribution in [0.2, 0.25) is 0 Å². The fourth-order valence-electron chi connectivity index (χ4n) is 0.436. The number of hydrogen-bond acceptors (Lipinski definition) is 3. The highest BCUT2D eigenvalue weighted by atomic mass is 16.4. The molecule has 0 saturated heterocycles. The van der Waals surface area contributed by atoms with E-state index in [9.17, 15) is 9.59 Å². The molecular formula is C8H10O4. The molecule has 0 aliphatic heterocycles. The molecule has 0 heterocycles. The Morgan fingerprint density at radius 2 is 1.92 bits per heavy atom. The number of carboxylic acids is 1. The molecule has 0 aliphatic rings. The molecule has 0 unspecified atom stereocenters. The lowest BCUT2D eigenvalue weighted by Gasteiger charge is -1.86. The molecule has 4 heteroatoms. The zero-order valence-corrected chi connectivity index (χ0v) is 6.65. The number of aliphatic hydroxyl groups excluding tert-OH is 1. The molecule has 4 nitrogen and oxygen atoms in total. The number of ketones is 1. The van der Waals surface area contributed by atoms with Gasteiger partial charge in [0.15, 0.2) is 5.78 Å². The van der Waals surface area contributed by atoms with Crippen LogP contribution in [0.3, 0.4) is 0 Å². The van der Waals surface area contributed by atoms with Crippen molar-refractivity contribution in [1.82, 2.24) is 0 Å². The minimum Gasteiger partial charge on any atom is -0.502 e. The third-order valence-corrected chi connectivity index (χ3v) is 1.10. The van der Waals surface area contributed by atoms with Gasteiger partial charge in [0, 0.05) is 6.42 Å². The van der Waals surface area contributed by atoms with Crippen LogP contribution in [0, 0.1) is 0 Å². The number of carbonyl (C=O) groups is 2. The van der Waals surface area contributed by atoms with E-state index in [-0.39, 0.29) is 5.78 Å². The first-order valence-corrected chi connectivity index (χ1v) is 3.41. The van der Waals surface area contributed by atoms with Crippen molar-refractivity contribution in [1.29, 1.82) is 0 Å². The summed E-state index contributed by atoms with van der Waals surface area (Å²) < 4.78 is 0. The molecule has 2 N–H and O–H groups in total. The summed E-state index contributed by atoms with van der Waals surface area (Å²) in [6, 6.07) is 0. The van der Waals surface area contributed by atoms with E-state index >= 15 is 0 Å². The lowest BCUT2D eigenvalue weighted by Crippen LogP contribution is -1.97. The van der Waals surface area contributed by atoms with Gasteiger partial charge in [-0.3, -0.25) is 4.79 Å². The van der Waals surface area contributed by atoms with Crippen LogP contribution in [-0.4, -0.2) is 22.0 Å². The molecule has 12 heavy (non-hydrogen) atoms. The molecule has 0 saturated carbocycles. The van der Waals surface area contributed by atoms with Gasteiger partial charge in [0.2, 0.25) is 5.76 Å². The van der Waals surface area contributed by atoms with E-state index in [1.54, 1.807) is 6.92 Å². The van der Waals surface area contributed by atoms with E-state index in [1.165, 1.54) is 12.2 Å². The molecule has 0 aromatic heterocycles. The maximum absolute atomic E-state index is 10.6. The maximum atomic E-state index is 10.6. The molecule has 66 valence electrons. The topological polar surface area (TPSA) is 74.6 Å². The van der Waals surface area contributed by atoms with E-state index in [0.29, 0.717) is 6.42 Å². The lowest BCUT2D eigenvalue weighted by molar-refractivity contribution is -0.135. The molecule has 0 fully saturated rings. The molecule has 0 atom stereocenters. The Kier molecular flexibility index (Phi) is 4.45. The number of carboxylic acid groups (broad SMARTS) is 1. The number of allylic oxidation sites excluding steroid dienone is 3. The molecule has 0 aromatic rings. The standard InChI is InChI=1S/C8H10O4/c1-2-6(9)4-3-5-7(10)8(11)12/h3-5,10H,2H2,1H3,(H,11,12)/b4-3-,7-5+. The second-order valence-electron chi connectivity index (χ2n) is 2.04. The Morgan fingerprint density at radius 1 is 1.33 bits per heavy atom. The smallest absolute Gasteiger partial charge is 0.370 e. The van der Waals surface area contributed by atoms with Crippen molar-refractivity contribution in [2.75, 3.05) is 0 Å². The van der Waals surface area contributed by atoms with E-state index in [0.717, 1.165) is 6.08 Å². The Bertz CT molecular complexity index is 237. The van der Waals surface area contributed by atoms with Crippen molar-refractivity contribution >= 4 is 11.8 Å². The Hall–Kier alpha value is -1.58. The van der Waals surface area contributed by atoms with Crippen LogP contribution in [0.25, 0.3) is 0 Å². The zero-order valence-electron chi connectivity index (χ0n) is 6.65. The van der Waals surface area contributed by atoms with Crippen molar-refractivity contribution in [3.8, 4) is 0 Å². The third-order valence-electron chi connectivity index (χ3n) is 1.10. The maximum Gasteiger partial charge on any atom is 0.370 e.